The summed E-state index contributed by atoms with van der Waals surface area (Å²) in [5.41, 5.74) is 1.58. The highest BCUT2D eigenvalue weighted by Crippen LogP contribution is 2.69. The van der Waals surface area contributed by atoms with Crippen molar-refractivity contribution in [3.05, 3.63) is 29.8 Å². The molecule has 7 rings (SSSR count). The number of hydrogen-bond donors (Lipinski definition) is 1. The second-order valence-corrected chi connectivity index (χ2v) is 12.8. The molecular formula is C27H38N2O2. The predicted octanol–water partition coefficient (Wildman–Crippen LogP) is 5.09. The topological polar surface area (TPSA) is 41.6 Å². The van der Waals surface area contributed by atoms with E-state index in [9.17, 15) is 4.79 Å². The van der Waals surface area contributed by atoms with Gasteiger partial charge in [-0.15, -0.1) is 0 Å². The molecule has 0 radical (unpaired) electrons. The quantitative estimate of drug-likeness (QED) is 0.722. The van der Waals surface area contributed by atoms with Gasteiger partial charge in [-0.25, -0.2) is 0 Å². The monoisotopic (exact) mass is 422 g/mol. The van der Waals surface area contributed by atoms with Crippen LogP contribution in [0, 0.1) is 22.2 Å². The Hall–Kier alpha value is -1.55. The maximum Gasteiger partial charge on any atom is 0.226 e. The van der Waals surface area contributed by atoms with E-state index in [-0.39, 0.29) is 17.1 Å². The summed E-state index contributed by atoms with van der Waals surface area (Å²) >= 11 is 0. The van der Waals surface area contributed by atoms with Crippen molar-refractivity contribution in [3.8, 4) is 5.75 Å². The smallest absolute Gasteiger partial charge is 0.226 e. The first kappa shape index (κ1) is 20.1. The van der Waals surface area contributed by atoms with Crippen LogP contribution in [0.4, 0.5) is 0 Å². The molecule has 4 saturated carbocycles. The molecule has 4 nitrogen and oxygen atoms in total. The lowest BCUT2D eigenvalue weighted by atomic mass is 9.40. The zero-order valence-corrected chi connectivity index (χ0v) is 19.5. The first-order valence-electron chi connectivity index (χ1n) is 12.5. The first-order chi connectivity index (χ1) is 14.7. The van der Waals surface area contributed by atoms with Crippen LogP contribution in [0.1, 0.15) is 83.2 Å². The van der Waals surface area contributed by atoms with Crippen molar-refractivity contribution >= 4 is 5.91 Å². The number of rotatable bonds is 2. The molecule has 5 fully saturated rings. The van der Waals surface area contributed by atoms with Crippen molar-refractivity contribution in [2.75, 3.05) is 20.1 Å². The third-order valence-corrected chi connectivity index (χ3v) is 9.51. The van der Waals surface area contributed by atoms with Gasteiger partial charge in [-0.2, -0.15) is 0 Å². The number of hydrogen-bond acceptors (Lipinski definition) is 3. The van der Waals surface area contributed by atoms with Crippen LogP contribution < -0.4 is 10.1 Å². The van der Waals surface area contributed by atoms with Gasteiger partial charge in [0, 0.05) is 25.1 Å². The van der Waals surface area contributed by atoms with Crippen LogP contribution in [0.3, 0.4) is 0 Å². The van der Waals surface area contributed by atoms with Crippen molar-refractivity contribution < 1.29 is 9.53 Å². The van der Waals surface area contributed by atoms with Crippen LogP contribution >= 0.6 is 0 Å². The van der Waals surface area contributed by atoms with Gasteiger partial charge < -0.3 is 15.0 Å². The van der Waals surface area contributed by atoms with Crippen LogP contribution in [0.5, 0.6) is 5.75 Å². The summed E-state index contributed by atoms with van der Waals surface area (Å²) in [6.45, 7) is 7.03. The molecule has 1 saturated heterocycles. The van der Waals surface area contributed by atoms with E-state index in [1.54, 1.807) is 0 Å². The second-order valence-electron chi connectivity index (χ2n) is 12.8. The van der Waals surface area contributed by atoms with E-state index < -0.39 is 0 Å². The van der Waals surface area contributed by atoms with Crippen molar-refractivity contribution in [2.24, 2.45) is 22.2 Å². The summed E-state index contributed by atoms with van der Waals surface area (Å²) in [6.07, 6.45) is 10.2. The Morgan fingerprint density at radius 2 is 1.68 bits per heavy atom. The van der Waals surface area contributed by atoms with Gasteiger partial charge in [-0.1, -0.05) is 32.0 Å². The number of amides is 1. The molecule has 4 heteroatoms. The highest BCUT2D eigenvalue weighted by Gasteiger charge is 2.63. The van der Waals surface area contributed by atoms with Gasteiger partial charge in [-0.3, -0.25) is 4.79 Å². The zero-order chi connectivity index (χ0) is 21.5. The summed E-state index contributed by atoms with van der Waals surface area (Å²) in [6, 6.07) is 8.47. The standard InChI is InChI=1S/C27H38N2O2/c1-24-12-19-13-25(2,16-24)18-26(14-19,17-24)23(30)28-21-15-27(8-10-29(3)11-9-27)31-22-7-5-4-6-20(21)22/h4-7,19,21H,8-18H2,1-3H3,(H,28,30). The number of nitrogens with zero attached hydrogens (tertiary/aromatic N) is 1. The Bertz CT molecular complexity index is 884. The number of ether oxygens (including phenoxy) is 1. The highest BCUT2D eigenvalue weighted by molar-refractivity contribution is 5.84. The van der Waals surface area contributed by atoms with Crippen LogP contribution in [-0.4, -0.2) is 36.5 Å². The summed E-state index contributed by atoms with van der Waals surface area (Å²) in [4.78, 5) is 16.4. The van der Waals surface area contributed by atoms with Crippen LogP contribution in [0.2, 0.25) is 0 Å². The third kappa shape index (κ3) is 3.23. The molecule has 1 spiro atoms. The van der Waals surface area contributed by atoms with Gasteiger partial charge in [0.25, 0.3) is 0 Å². The summed E-state index contributed by atoms with van der Waals surface area (Å²) in [5.74, 6) is 2.05. The summed E-state index contributed by atoms with van der Waals surface area (Å²) in [7, 11) is 2.19. The van der Waals surface area contributed by atoms with Crippen LogP contribution in [-0.2, 0) is 4.79 Å². The molecular weight excluding hydrogens is 384 g/mol. The average Bonchev–Trinajstić information content (AvgIpc) is 2.68. The summed E-state index contributed by atoms with van der Waals surface area (Å²) in [5, 5.41) is 3.62. The number of para-hydroxylation sites is 1. The van der Waals surface area contributed by atoms with Crippen LogP contribution in [0.25, 0.3) is 0 Å². The third-order valence-electron chi connectivity index (χ3n) is 9.51. The molecule has 1 N–H and O–H groups in total. The largest absolute Gasteiger partial charge is 0.487 e. The maximum atomic E-state index is 14.0. The minimum Gasteiger partial charge on any atom is -0.487 e. The molecule has 6 aliphatic rings. The number of fused-ring (bicyclic) bond motifs is 1. The van der Waals surface area contributed by atoms with E-state index in [1.807, 2.05) is 0 Å². The lowest BCUT2D eigenvalue weighted by Gasteiger charge is -2.64. The van der Waals surface area contributed by atoms with E-state index >= 15 is 0 Å². The van der Waals surface area contributed by atoms with Gasteiger partial charge in [0.15, 0.2) is 0 Å². The Balaban J connectivity index is 1.29. The van der Waals surface area contributed by atoms with Crippen molar-refractivity contribution in [1.82, 2.24) is 10.2 Å². The van der Waals surface area contributed by atoms with E-state index in [1.165, 1.54) is 24.8 Å². The lowest BCUT2D eigenvalue weighted by molar-refractivity contribution is -0.171. The molecule has 4 aliphatic carbocycles. The summed E-state index contributed by atoms with van der Waals surface area (Å²) < 4.78 is 6.62. The first-order valence-corrected chi connectivity index (χ1v) is 12.5. The fourth-order valence-corrected chi connectivity index (χ4v) is 9.09. The number of benzene rings is 1. The van der Waals surface area contributed by atoms with Gasteiger partial charge in [0.1, 0.15) is 11.4 Å². The molecule has 2 heterocycles. The van der Waals surface area contributed by atoms with Gasteiger partial charge >= 0.3 is 0 Å². The molecule has 0 aromatic heterocycles. The number of piperidine rings is 1. The van der Waals surface area contributed by atoms with Gasteiger partial charge in [-0.05, 0) is 81.2 Å². The Labute approximate surface area is 187 Å². The normalized spacial score (nSPS) is 42.8. The number of likely N-dealkylation sites (tertiary alicyclic amines) is 1. The molecule has 3 atom stereocenters. The van der Waals surface area contributed by atoms with Gasteiger partial charge in [0.2, 0.25) is 5.91 Å². The molecule has 168 valence electrons. The number of nitrogens with one attached hydrogen (secondary N) is 1. The minimum atomic E-state index is -0.157. The Morgan fingerprint density at radius 1 is 1.00 bits per heavy atom. The second kappa shape index (κ2) is 6.50. The molecule has 4 bridgehead atoms. The molecule has 2 aliphatic heterocycles. The lowest BCUT2D eigenvalue weighted by Crippen LogP contribution is -2.60. The van der Waals surface area contributed by atoms with Gasteiger partial charge in [0.05, 0.1) is 11.5 Å². The maximum absolute atomic E-state index is 14.0. The highest BCUT2D eigenvalue weighted by atomic mass is 16.5. The predicted molar refractivity (Wildman–Crippen MR) is 122 cm³/mol. The van der Waals surface area contributed by atoms with E-state index in [4.69, 9.17) is 4.74 Å². The molecule has 1 aromatic rings. The van der Waals surface area contributed by atoms with Crippen molar-refractivity contribution in [3.63, 3.8) is 0 Å². The van der Waals surface area contributed by atoms with E-state index in [2.05, 4.69) is 55.4 Å². The van der Waals surface area contributed by atoms with Crippen LogP contribution in [0.15, 0.2) is 24.3 Å². The molecule has 3 unspecified atom stereocenters. The fraction of sp³-hybridized carbons (Fsp3) is 0.741. The Morgan fingerprint density at radius 3 is 2.35 bits per heavy atom. The Kier molecular flexibility index (Phi) is 4.21. The molecule has 1 amide bonds. The fourth-order valence-electron chi connectivity index (χ4n) is 9.09. The zero-order valence-electron chi connectivity index (χ0n) is 19.5. The SMILES string of the molecule is CN1CCC2(CC1)CC(NC(=O)C13CC4CC(C)(CC(C)(C4)C1)C3)c1ccccc1O2. The van der Waals surface area contributed by atoms with E-state index in [0.717, 1.165) is 63.3 Å². The molecule has 1 aromatic carbocycles. The number of carbonyl (C=O) groups is 1. The minimum absolute atomic E-state index is 0.0643. The van der Waals surface area contributed by atoms with Crippen molar-refractivity contribution in [1.29, 1.82) is 0 Å². The van der Waals surface area contributed by atoms with E-state index in [0.29, 0.717) is 16.7 Å². The van der Waals surface area contributed by atoms with Crippen molar-refractivity contribution in [2.45, 2.75) is 83.3 Å². The average molecular weight is 423 g/mol. The molecule has 31 heavy (non-hydrogen) atoms. The number of carbonyl (C=O) groups excluding carboxylic acids is 1.